The lowest BCUT2D eigenvalue weighted by Crippen LogP contribution is -2.31. The predicted octanol–water partition coefficient (Wildman–Crippen LogP) is 1.28. The highest BCUT2D eigenvalue weighted by Crippen LogP contribution is 2.30. The molecule has 2 aliphatic rings. The lowest BCUT2D eigenvalue weighted by Gasteiger charge is -2.06. The summed E-state index contributed by atoms with van der Waals surface area (Å²) in [6.07, 6.45) is -0.519. The van der Waals surface area contributed by atoms with E-state index >= 15 is 0 Å². The topological polar surface area (TPSA) is 65.0 Å². The fourth-order valence-corrected chi connectivity index (χ4v) is 3.77. The number of rotatable bonds is 1. The van der Waals surface area contributed by atoms with E-state index in [0.717, 1.165) is 10.0 Å². The molecule has 3 rings (SSSR count). The Morgan fingerprint density at radius 2 is 2.24 bits per heavy atom. The maximum absolute atomic E-state index is 11.7. The number of hydrogen-bond donors (Lipinski definition) is 0. The van der Waals surface area contributed by atoms with Crippen molar-refractivity contribution in [2.24, 2.45) is 5.16 Å². The van der Waals surface area contributed by atoms with E-state index in [2.05, 4.69) is 21.1 Å². The minimum Gasteiger partial charge on any atom is -0.388 e. The first-order chi connectivity index (χ1) is 8.08. The molecule has 0 amide bonds. The zero-order valence-electron chi connectivity index (χ0n) is 8.54. The monoisotopic (exact) mass is 317 g/mol. The minimum absolute atomic E-state index is 0.0357. The van der Waals surface area contributed by atoms with Gasteiger partial charge in [-0.25, -0.2) is 0 Å². The van der Waals surface area contributed by atoms with Crippen molar-refractivity contribution < 1.29 is 17.4 Å². The highest BCUT2D eigenvalue weighted by Gasteiger charge is 2.51. The number of hydrogen-bond acceptors (Lipinski definition) is 5. The summed E-state index contributed by atoms with van der Waals surface area (Å²) in [4.78, 5) is 5.09. The number of halogens is 1. The van der Waals surface area contributed by atoms with E-state index in [1.54, 1.807) is 12.1 Å². The summed E-state index contributed by atoms with van der Waals surface area (Å²) in [7, 11) is -3.61. The third kappa shape index (κ3) is 1.78. The molecule has 0 aromatic heterocycles. The molecule has 0 bridgehead atoms. The van der Waals surface area contributed by atoms with Gasteiger partial charge in [-0.2, -0.15) is 8.42 Å². The van der Waals surface area contributed by atoms with E-state index in [4.69, 9.17) is 9.02 Å². The van der Waals surface area contributed by atoms with E-state index in [9.17, 15) is 8.42 Å². The molecule has 1 aromatic rings. The van der Waals surface area contributed by atoms with Crippen LogP contribution in [0.5, 0.6) is 0 Å². The Bertz CT molecular complexity index is 598. The van der Waals surface area contributed by atoms with Crippen LogP contribution in [0.2, 0.25) is 0 Å². The van der Waals surface area contributed by atoms with Crippen molar-refractivity contribution in [3.05, 3.63) is 34.3 Å². The zero-order valence-corrected chi connectivity index (χ0v) is 10.9. The van der Waals surface area contributed by atoms with Gasteiger partial charge >= 0.3 is 0 Å². The third-order valence-corrected chi connectivity index (χ3v) is 4.83. The van der Waals surface area contributed by atoms with Crippen molar-refractivity contribution in [3.63, 3.8) is 0 Å². The van der Waals surface area contributed by atoms with E-state index in [1.165, 1.54) is 0 Å². The fourth-order valence-electron chi connectivity index (χ4n) is 1.95. The summed E-state index contributed by atoms with van der Waals surface area (Å²) in [5.74, 6) is 0. The van der Waals surface area contributed by atoms with E-state index in [1.807, 2.05) is 12.1 Å². The van der Waals surface area contributed by atoms with Crippen molar-refractivity contribution in [3.8, 4) is 0 Å². The normalized spacial score (nSPS) is 29.6. The number of oxime groups is 1. The Hall–Kier alpha value is -0.920. The van der Waals surface area contributed by atoms with Gasteiger partial charge in [0.1, 0.15) is 12.3 Å². The van der Waals surface area contributed by atoms with Gasteiger partial charge < -0.3 is 4.84 Å². The van der Waals surface area contributed by atoms with Crippen LogP contribution in [0.1, 0.15) is 5.56 Å². The first-order valence-corrected chi connectivity index (χ1v) is 7.22. The predicted molar refractivity (Wildman–Crippen MR) is 64.2 cm³/mol. The molecule has 2 atom stereocenters. The summed E-state index contributed by atoms with van der Waals surface area (Å²) in [6.45, 7) is 0.0357. The molecular formula is C10H8BrNO4S. The van der Waals surface area contributed by atoms with Gasteiger partial charge in [0.2, 0.25) is 0 Å². The van der Waals surface area contributed by atoms with Crippen molar-refractivity contribution in [2.45, 2.75) is 11.4 Å². The second-order valence-corrected chi connectivity index (χ2v) is 6.47. The van der Waals surface area contributed by atoms with Gasteiger partial charge in [0.05, 0.1) is 0 Å². The molecule has 0 saturated carbocycles. The summed E-state index contributed by atoms with van der Waals surface area (Å²) >= 11 is 3.33. The van der Waals surface area contributed by atoms with Crippen LogP contribution >= 0.6 is 15.9 Å². The first kappa shape index (κ1) is 11.2. The van der Waals surface area contributed by atoms with Gasteiger partial charge in [0.25, 0.3) is 10.1 Å². The third-order valence-electron chi connectivity index (χ3n) is 2.72. The SMILES string of the molecule is O=S1(=O)OCC2ON=C(c3cccc(Br)c3)C21. The van der Waals surface area contributed by atoms with Gasteiger partial charge in [-0.1, -0.05) is 33.2 Å². The molecular weight excluding hydrogens is 310 g/mol. The Kier molecular flexibility index (Phi) is 2.49. The average Bonchev–Trinajstić information content (AvgIpc) is 2.81. The van der Waals surface area contributed by atoms with Crippen LogP contribution in [-0.2, 0) is 19.1 Å². The van der Waals surface area contributed by atoms with Crippen LogP contribution in [0.25, 0.3) is 0 Å². The largest absolute Gasteiger partial charge is 0.388 e. The van der Waals surface area contributed by atoms with Crippen LogP contribution in [-0.4, -0.2) is 32.1 Å². The molecule has 2 aliphatic heterocycles. The fraction of sp³-hybridized carbons (Fsp3) is 0.300. The molecule has 0 spiro atoms. The molecule has 90 valence electrons. The van der Waals surface area contributed by atoms with Crippen LogP contribution < -0.4 is 0 Å². The van der Waals surface area contributed by atoms with Gasteiger partial charge in [-0.05, 0) is 12.1 Å². The summed E-state index contributed by atoms with van der Waals surface area (Å²) in [6, 6.07) is 7.27. The van der Waals surface area contributed by atoms with Gasteiger partial charge in [0, 0.05) is 10.0 Å². The Morgan fingerprint density at radius 3 is 3.00 bits per heavy atom. The second kappa shape index (κ2) is 3.79. The van der Waals surface area contributed by atoms with Crippen molar-refractivity contribution >= 4 is 31.8 Å². The zero-order chi connectivity index (χ0) is 12.0. The molecule has 17 heavy (non-hydrogen) atoms. The smallest absolute Gasteiger partial charge is 0.280 e. The van der Waals surface area contributed by atoms with E-state index in [0.29, 0.717) is 5.71 Å². The van der Waals surface area contributed by atoms with Crippen molar-refractivity contribution in [2.75, 3.05) is 6.61 Å². The minimum atomic E-state index is -3.61. The second-order valence-electron chi connectivity index (χ2n) is 3.83. The van der Waals surface area contributed by atoms with Gasteiger partial charge in [-0.15, -0.1) is 0 Å². The Labute approximate surface area is 107 Å². The number of benzene rings is 1. The Morgan fingerprint density at radius 1 is 1.41 bits per heavy atom. The molecule has 5 nitrogen and oxygen atoms in total. The van der Waals surface area contributed by atoms with Crippen LogP contribution in [0.3, 0.4) is 0 Å². The molecule has 0 aliphatic carbocycles. The van der Waals surface area contributed by atoms with Crippen LogP contribution in [0.15, 0.2) is 33.9 Å². The van der Waals surface area contributed by atoms with E-state index < -0.39 is 21.5 Å². The van der Waals surface area contributed by atoms with Crippen LogP contribution in [0.4, 0.5) is 0 Å². The Balaban J connectivity index is 2.05. The maximum Gasteiger partial charge on any atom is 0.280 e. The van der Waals surface area contributed by atoms with Crippen molar-refractivity contribution in [1.82, 2.24) is 0 Å². The molecule has 7 heteroatoms. The summed E-state index contributed by atoms with van der Waals surface area (Å²) in [5.41, 5.74) is 1.13. The van der Waals surface area contributed by atoms with Crippen LogP contribution in [0, 0.1) is 0 Å². The van der Waals surface area contributed by atoms with E-state index in [-0.39, 0.29) is 6.61 Å². The lowest BCUT2D eigenvalue weighted by molar-refractivity contribution is 0.0683. The molecule has 2 heterocycles. The molecule has 1 fully saturated rings. The number of fused-ring (bicyclic) bond motifs is 1. The molecule has 0 N–H and O–H groups in total. The average molecular weight is 318 g/mol. The highest BCUT2D eigenvalue weighted by molar-refractivity contribution is 9.10. The first-order valence-electron chi connectivity index (χ1n) is 4.96. The molecule has 1 saturated heterocycles. The van der Waals surface area contributed by atoms with Gasteiger partial charge in [-0.3, -0.25) is 4.18 Å². The van der Waals surface area contributed by atoms with Crippen molar-refractivity contribution in [1.29, 1.82) is 0 Å². The lowest BCUT2D eigenvalue weighted by atomic mass is 10.1. The van der Waals surface area contributed by atoms with Gasteiger partial charge in [0.15, 0.2) is 11.4 Å². The number of nitrogens with zero attached hydrogens (tertiary/aromatic N) is 1. The quantitative estimate of drug-likeness (QED) is 0.732. The molecule has 1 aromatic carbocycles. The maximum atomic E-state index is 11.7. The summed E-state index contributed by atoms with van der Waals surface area (Å²) in [5, 5.41) is 3.06. The molecule has 2 unspecified atom stereocenters. The molecule has 0 radical (unpaired) electrons. The standard InChI is InChI=1S/C10H8BrNO4S/c11-7-3-1-2-6(4-7)9-10-8(16-12-9)5-15-17(10,13)14/h1-4,8,10H,5H2. The summed E-state index contributed by atoms with van der Waals surface area (Å²) < 4.78 is 29.0. The highest BCUT2D eigenvalue weighted by atomic mass is 79.9.